The molecule has 0 aromatic heterocycles. The summed E-state index contributed by atoms with van der Waals surface area (Å²) in [5, 5.41) is 13.3. The van der Waals surface area contributed by atoms with E-state index in [0.717, 1.165) is 30.9 Å². The van der Waals surface area contributed by atoms with E-state index in [1.807, 2.05) is 54.6 Å². The van der Waals surface area contributed by atoms with Gasteiger partial charge in [0.1, 0.15) is 5.75 Å². The number of benzene rings is 2. The van der Waals surface area contributed by atoms with Gasteiger partial charge in [-0.2, -0.15) is 0 Å². The first-order valence-electron chi connectivity index (χ1n) is 7.45. The fraction of sp³-hybridized carbons (Fsp3) is 0.333. The first-order valence-corrected chi connectivity index (χ1v) is 7.45. The topological polar surface area (TPSA) is 41.5 Å². The maximum absolute atomic E-state index is 10.1. The number of nitrogens with one attached hydrogen (secondary N) is 1. The molecule has 2 N–H and O–H groups in total. The second kappa shape index (κ2) is 8.45. The lowest BCUT2D eigenvalue weighted by molar-refractivity contribution is 0.174. The van der Waals surface area contributed by atoms with Gasteiger partial charge in [-0.05, 0) is 29.7 Å². The highest BCUT2D eigenvalue weighted by molar-refractivity contribution is 5.27. The molecule has 0 unspecified atom stereocenters. The highest BCUT2D eigenvalue weighted by atomic mass is 16.5. The van der Waals surface area contributed by atoms with Crippen LogP contribution >= 0.6 is 0 Å². The largest absolute Gasteiger partial charge is 0.494 e. The molecule has 0 spiro atoms. The van der Waals surface area contributed by atoms with Crippen LogP contribution in [0.1, 0.15) is 30.6 Å². The molecule has 3 nitrogen and oxygen atoms in total. The summed E-state index contributed by atoms with van der Waals surface area (Å²) < 4.78 is 5.55. The highest BCUT2D eigenvalue weighted by Crippen LogP contribution is 2.13. The maximum Gasteiger partial charge on any atom is 0.119 e. The van der Waals surface area contributed by atoms with Crippen LogP contribution in [-0.2, 0) is 6.54 Å². The summed E-state index contributed by atoms with van der Waals surface area (Å²) in [5.41, 5.74) is 2.12. The van der Waals surface area contributed by atoms with Crippen molar-refractivity contribution in [2.45, 2.75) is 26.0 Å². The normalized spacial score (nSPS) is 12.1. The second-order valence-electron chi connectivity index (χ2n) is 5.05. The monoisotopic (exact) mass is 285 g/mol. The number of aliphatic hydroxyl groups is 1. The average molecular weight is 285 g/mol. The molecule has 112 valence electrons. The van der Waals surface area contributed by atoms with Gasteiger partial charge in [-0.25, -0.2) is 0 Å². The number of aliphatic hydroxyl groups excluding tert-OH is 1. The third kappa shape index (κ3) is 5.21. The van der Waals surface area contributed by atoms with Crippen molar-refractivity contribution in [3.63, 3.8) is 0 Å². The van der Waals surface area contributed by atoms with Crippen molar-refractivity contribution in [3.05, 3.63) is 65.7 Å². The molecule has 2 rings (SSSR count). The molecule has 21 heavy (non-hydrogen) atoms. The van der Waals surface area contributed by atoms with E-state index < -0.39 is 6.10 Å². The summed E-state index contributed by atoms with van der Waals surface area (Å²) in [5.74, 6) is 0.907. The molecule has 0 heterocycles. The van der Waals surface area contributed by atoms with Crippen molar-refractivity contribution >= 4 is 0 Å². The Morgan fingerprint density at radius 3 is 2.43 bits per heavy atom. The summed E-state index contributed by atoms with van der Waals surface area (Å²) in [6.07, 6.45) is 0.541. The van der Waals surface area contributed by atoms with Gasteiger partial charge in [0.2, 0.25) is 0 Å². The predicted molar refractivity (Wildman–Crippen MR) is 85.3 cm³/mol. The molecule has 0 bridgehead atoms. The van der Waals surface area contributed by atoms with Gasteiger partial charge in [-0.3, -0.25) is 0 Å². The Hall–Kier alpha value is -1.84. The predicted octanol–water partition coefficient (Wildman–Crippen LogP) is 3.30. The Bertz CT molecular complexity index is 511. The van der Waals surface area contributed by atoms with Gasteiger partial charge < -0.3 is 15.2 Å². The molecule has 3 heteroatoms. The molecular formula is C18H23NO2. The Morgan fingerprint density at radius 2 is 1.76 bits per heavy atom. The zero-order valence-electron chi connectivity index (χ0n) is 12.5. The average Bonchev–Trinajstić information content (AvgIpc) is 2.55. The molecule has 0 saturated heterocycles. The summed E-state index contributed by atoms with van der Waals surface area (Å²) in [6.45, 7) is 4.12. The standard InChI is InChI=1S/C18H23NO2/c1-2-12-21-17-10-8-15(9-11-17)13-19-14-18(20)16-6-4-3-5-7-16/h3-11,18-20H,2,12-14H2,1H3/t18-/m0/s1. The number of rotatable bonds is 8. The highest BCUT2D eigenvalue weighted by Gasteiger charge is 2.05. The van der Waals surface area contributed by atoms with Crippen molar-refractivity contribution in [2.24, 2.45) is 0 Å². The van der Waals surface area contributed by atoms with Crippen LogP contribution < -0.4 is 10.1 Å². The molecule has 0 aliphatic carbocycles. The van der Waals surface area contributed by atoms with Crippen molar-refractivity contribution in [1.29, 1.82) is 0 Å². The Balaban J connectivity index is 1.75. The lowest BCUT2D eigenvalue weighted by Crippen LogP contribution is -2.21. The molecule has 0 aliphatic heterocycles. The summed E-state index contributed by atoms with van der Waals surface area (Å²) in [6, 6.07) is 17.8. The van der Waals surface area contributed by atoms with Crippen LogP contribution in [0, 0.1) is 0 Å². The molecule has 0 aliphatic rings. The van der Waals surface area contributed by atoms with Crippen LogP contribution in [0.25, 0.3) is 0 Å². The SMILES string of the molecule is CCCOc1ccc(CNC[C@H](O)c2ccccc2)cc1. The van der Waals surface area contributed by atoms with Crippen molar-refractivity contribution < 1.29 is 9.84 Å². The van der Waals surface area contributed by atoms with Crippen LogP contribution in [0.4, 0.5) is 0 Å². The van der Waals surface area contributed by atoms with Crippen LogP contribution in [-0.4, -0.2) is 18.3 Å². The van der Waals surface area contributed by atoms with E-state index in [2.05, 4.69) is 12.2 Å². The third-order valence-electron chi connectivity index (χ3n) is 3.25. The van der Waals surface area contributed by atoms with Gasteiger partial charge in [0.25, 0.3) is 0 Å². The first-order chi connectivity index (χ1) is 10.3. The lowest BCUT2D eigenvalue weighted by atomic mass is 10.1. The molecule has 2 aromatic rings. The van der Waals surface area contributed by atoms with E-state index in [0.29, 0.717) is 6.54 Å². The fourth-order valence-corrected chi connectivity index (χ4v) is 2.07. The van der Waals surface area contributed by atoms with E-state index >= 15 is 0 Å². The quantitative estimate of drug-likeness (QED) is 0.782. The maximum atomic E-state index is 10.1. The molecule has 0 radical (unpaired) electrons. The first kappa shape index (κ1) is 15.5. The molecule has 2 aromatic carbocycles. The molecule has 0 saturated carbocycles. The Kier molecular flexibility index (Phi) is 6.25. The molecule has 0 fully saturated rings. The number of hydrogen-bond donors (Lipinski definition) is 2. The van der Waals surface area contributed by atoms with Crippen molar-refractivity contribution in [2.75, 3.05) is 13.2 Å². The van der Waals surface area contributed by atoms with Gasteiger partial charge in [-0.15, -0.1) is 0 Å². The minimum Gasteiger partial charge on any atom is -0.494 e. The Labute approximate surface area is 126 Å². The summed E-state index contributed by atoms with van der Waals surface area (Å²) in [7, 11) is 0. The van der Waals surface area contributed by atoms with Crippen LogP contribution in [0.5, 0.6) is 5.75 Å². The van der Waals surface area contributed by atoms with Gasteiger partial charge >= 0.3 is 0 Å². The minimum absolute atomic E-state index is 0.474. The van der Waals surface area contributed by atoms with Gasteiger partial charge in [-0.1, -0.05) is 49.4 Å². The second-order valence-corrected chi connectivity index (χ2v) is 5.05. The summed E-state index contributed by atoms with van der Waals surface area (Å²) in [4.78, 5) is 0. The Morgan fingerprint density at radius 1 is 1.05 bits per heavy atom. The number of ether oxygens (including phenoxy) is 1. The fourth-order valence-electron chi connectivity index (χ4n) is 2.07. The molecule has 0 amide bonds. The van der Waals surface area contributed by atoms with Gasteiger partial charge in [0, 0.05) is 13.1 Å². The van der Waals surface area contributed by atoms with E-state index in [-0.39, 0.29) is 0 Å². The molecule has 1 atom stereocenters. The minimum atomic E-state index is -0.474. The zero-order chi connectivity index (χ0) is 14.9. The number of hydrogen-bond acceptors (Lipinski definition) is 3. The third-order valence-corrected chi connectivity index (χ3v) is 3.25. The zero-order valence-corrected chi connectivity index (χ0v) is 12.5. The van der Waals surface area contributed by atoms with E-state index in [1.54, 1.807) is 0 Å². The smallest absolute Gasteiger partial charge is 0.119 e. The van der Waals surface area contributed by atoms with E-state index in [9.17, 15) is 5.11 Å². The van der Waals surface area contributed by atoms with Crippen LogP contribution in [0.15, 0.2) is 54.6 Å². The van der Waals surface area contributed by atoms with Crippen LogP contribution in [0.2, 0.25) is 0 Å². The van der Waals surface area contributed by atoms with E-state index in [4.69, 9.17) is 4.74 Å². The van der Waals surface area contributed by atoms with E-state index in [1.165, 1.54) is 5.56 Å². The van der Waals surface area contributed by atoms with Crippen molar-refractivity contribution in [1.82, 2.24) is 5.32 Å². The molecular weight excluding hydrogens is 262 g/mol. The van der Waals surface area contributed by atoms with Gasteiger partial charge in [0.15, 0.2) is 0 Å². The van der Waals surface area contributed by atoms with Crippen molar-refractivity contribution in [3.8, 4) is 5.75 Å². The van der Waals surface area contributed by atoms with Crippen LogP contribution in [0.3, 0.4) is 0 Å². The summed E-state index contributed by atoms with van der Waals surface area (Å²) >= 11 is 0. The lowest BCUT2D eigenvalue weighted by Gasteiger charge is -2.12. The van der Waals surface area contributed by atoms with Gasteiger partial charge in [0.05, 0.1) is 12.7 Å².